The maximum atomic E-state index is 13.5. The predicted octanol–water partition coefficient (Wildman–Crippen LogP) is 3.00. The second kappa shape index (κ2) is 12.3. The summed E-state index contributed by atoms with van der Waals surface area (Å²) in [5.41, 5.74) is 3.41. The largest absolute Gasteiger partial charge is 0.573 e. The molecule has 0 bridgehead atoms. The Morgan fingerprint density at radius 2 is 1.93 bits per heavy atom. The molecule has 1 aliphatic rings. The Morgan fingerprint density at radius 1 is 1.14 bits per heavy atom. The third-order valence-corrected chi connectivity index (χ3v) is 6.63. The molecular weight excluding hydrogens is 564 g/mol. The van der Waals surface area contributed by atoms with Gasteiger partial charge >= 0.3 is 6.36 Å². The van der Waals surface area contributed by atoms with Gasteiger partial charge in [-0.1, -0.05) is 6.07 Å². The zero-order valence-electron chi connectivity index (χ0n) is 22.5. The summed E-state index contributed by atoms with van der Waals surface area (Å²) in [5.74, 6) is -1.23. The number of aliphatic hydroxyl groups is 1. The van der Waals surface area contributed by atoms with E-state index < -0.39 is 24.7 Å². The van der Waals surface area contributed by atoms with E-state index in [1.165, 1.54) is 16.9 Å². The predicted molar refractivity (Wildman–Crippen MR) is 145 cm³/mol. The molecule has 42 heavy (non-hydrogen) atoms. The standard InChI is InChI=1S/C26H28F4N8O4/c1-36-8-10-37(11-9-36)17-3-5-20(42-26(28,29)30)19(14-17)32-25-31-15-16-2-4-18-22(24(40)35-41-13-12-39)34-38(7-6-27)23(18)21(16)33-25/h2-5,14-15,39H,6-13H2,1H3,(H,35,40)(H,31,32,33). The van der Waals surface area contributed by atoms with E-state index in [1.54, 1.807) is 24.3 Å². The van der Waals surface area contributed by atoms with E-state index in [9.17, 15) is 22.4 Å². The lowest BCUT2D eigenvalue weighted by atomic mass is 10.1. The number of ether oxygens (including phenoxy) is 1. The van der Waals surface area contributed by atoms with E-state index in [4.69, 9.17) is 9.94 Å². The van der Waals surface area contributed by atoms with Crippen LogP contribution in [0, 0.1) is 0 Å². The summed E-state index contributed by atoms with van der Waals surface area (Å²) < 4.78 is 58.7. The fourth-order valence-electron chi connectivity index (χ4n) is 4.65. The number of anilines is 3. The van der Waals surface area contributed by atoms with Crippen molar-refractivity contribution in [1.82, 2.24) is 30.1 Å². The Morgan fingerprint density at radius 3 is 2.64 bits per heavy atom. The molecule has 0 spiro atoms. The summed E-state index contributed by atoms with van der Waals surface area (Å²) in [6.45, 7) is 1.55. The molecular formula is C26H28F4N8O4. The van der Waals surface area contributed by atoms with Crippen LogP contribution in [0.2, 0.25) is 0 Å². The molecule has 2 aromatic carbocycles. The maximum absolute atomic E-state index is 13.5. The number of nitrogens with zero attached hydrogens (tertiary/aromatic N) is 6. The van der Waals surface area contributed by atoms with Crippen molar-refractivity contribution in [3.63, 3.8) is 0 Å². The number of amides is 1. The number of rotatable bonds is 10. The summed E-state index contributed by atoms with van der Waals surface area (Å²) in [6, 6.07) is 7.59. The Kier molecular flexibility index (Phi) is 8.56. The van der Waals surface area contributed by atoms with Gasteiger partial charge in [-0.15, -0.1) is 13.2 Å². The highest BCUT2D eigenvalue weighted by Gasteiger charge is 2.32. The third-order valence-electron chi connectivity index (χ3n) is 6.63. The van der Waals surface area contributed by atoms with Gasteiger partial charge in [0.2, 0.25) is 5.95 Å². The molecule has 0 saturated carbocycles. The molecule has 1 saturated heterocycles. The van der Waals surface area contributed by atoms with Gasteiger partial charge in [-0.05, 0) is 31.3 Å². The first-order chi connectivity index (χ1) is 20.2. The van der Waals surface area contributed by atoms with Crippen molar-refractivity contribution in [2.45, 2.75) is 12.9 Å². The van der Waals surface area contributed by atoms with Crippen LogP contribution in [0.4, 0.5) is 34.9 Å². The molecule has 0 unspecified atom stereocenters. The number of alkyl halides is 4. The SMILES string of the molecule is CN1CCN(c2ccc(OC(F)(F)F)c(Nc3ncc4ccc5c(C(=O)NOCCO)nn(CCF)c5c4n3)c2)CC1. The number of hydrogen-bond donors (Lipinski definition) is 3. The highest BCUT2D eigenvalue weighted by molar-refractivity contribution is 6.12. The van der Waals surface area contributed by atoms with Crippen LogP contribution >= 0.6 is 0 Å². The molecule has 4 aromatic rings. The van der Waals surface area contributed by atoms with Gasteiger partial charge < -0.3 is 25.0 Å². The van der Waals surface area contributed by atoms with Gasteiger partial charge in [0.1, 0.15) is 12.2 Å². The molecule has 224 valence electrons. The highest BCUT2D eigenvalue weighted by atomic mass is 19.4. The Balaban J connectivity index is 1.54. The van der Waals surface area contributed by atoms with Crippen molar-refractivity contribution in [2.24, 2.45) is 0 Å². The molecule has 3 N–H and O–H groups in total. The number of fused-ring (bicyclic) bond motifs is 3. The number of benzene rings is 2. The highest BCUT2D eigenvalue weighted by Crippen LogP contribution is 2.36. The second-order valence-electron chi connectivity index (χ2n) is 9.50. The number of aromatic nitrogens is 4. The van der Waals surface area contributed by atoms with E-state index in [2.05, 4.69) is 40.4 Å². The van der Waals surface area contributed by atoms with Gasteiger partial charge in [0.25, 0.3) is 5.91 Å². The minimum Gasteiger partial charge on any atom is -0.404 e. The van der Waals surface area contributed by atoms with Crippen LogP contribution in [0.25, 0.3) is 21.8 Å². The summed E-state index contributed by atoms with van der Waals surface area (Å²) in [4.78, 5) is 30.6. The van der Waals surface area contributed by atoms with Gasteiger partial charge in [-0.3, -0.25) is 14.3 Å². The molecule has 16 heteroatoms. The lowest BCUT2D eigenvalue weighted by Gasteiger charge is -2.34. The monoisotopic (exact) mass is 592 g/mol. The maximum Gasteiger partial charge on any atom is 0.573 e. The minimum absolute atomic E-state index is 0.00589. The number of aryl methyl sites for hydroxylation is 1. The van der Waals surface area contributed by atoms with Gasteiger partial charge in [0.15, 0.2) is 11.4 Å². The molecule has 3 heterocycles. The number of nitrogens with one attached hydrogen (secondary N) is 2. The summed E-state index contributed by atoms with van der Waals surface area (Å²) in [7, 11) is 2.00. The van der Waals surface area contributed by atoms with Crippen molar-refractivity contribution in [2.75, 3.05) is 63.3 Å². The summed E-state index contributed by atoms with van der Waals surface area (Å²) in [5, 5.41) is 16.8. The molecule has 1 aliphatic heterocycles. The topological polar surface area (TPSA) is 130 Å². The molecule has 0 aliphatic carbocycles. The lowest BCUT2D eigenvalue weighted by molar-refractivity contribution is -0.274. The number of carbonyl (C=O) groups excluding carboxylic acids is 1. The number of carbonyl (C=O) groups is 1. The van der Waals surface area contributed by atoms with Crippen molar-refractivity contribution in [1.29, 1.82) is 0 Å². The molecule has 12 nitrogen and oxygen atoms in total. The first kappa shape index (κ1) is 29.2. The third kappa shape index (κ3) is 6.45. The smallest absolute Gasteiger partial charge is 0.404 e. The fourth-order valence-corrected chi connectivity index (χ4v) is 4.65. The van der Waals surface area contributed by atoms with Crippen LogP contribution in [-0.4, -0.2) is 95.1 Å². The number of piperazine rings is 1. The normalized spacial score (nSPS) is 14.5. The first-order valence-corrected chi connectivity index (χ1v) is 13.0. The van der Waals surface area contributed by atoms with E-state index in [-0.39, 0.29) is 42.6 Å². The molecule has 2 aromatic heterocycles. The lowest BCUT2D eigenvalue weighted by Crippen LogP contribution is -2.44. The van der Waals surface area contributed by atoms with Crippen molar-refractivity contribution < 1.29 is 37.0 Å². The number of likely N-dealkylation sites (N-methyl/N-ethyl adjacent to an activating group) is 1. The average Bonchev–Trinajstić information content (AvgIpc) is 3.33. The summed E-state index contributed by atoms with van der Waals surface area (Å²) >= 11 is 0. The van der Waals surface area contributed by atoms with Gasteiger partial charge in [-0.25, -0.2) is 19.8 Å². The Bertz CT molecular complexity index is 1570. The van der Waals surface area contributed by atoms with Crippen molar-refractivity contribution in [3.05, 3.63) is 42.2 Å². The zero-order chi connectivity index (χ0) is 29.9. The molecule has 5 rings (SSSR count). The molecule has 0 radical (unpaired) electrons. The summed E-state index contributed by atoms with van der Waals surface area (Å²) in [6.07, 6.45) is -3.48. The van der Waals surface area contributed by atoms with Crippen LogP contribution in [0.1, 0.15) is 10.5 Å². The van der Waals surface area contributed by atoms with Crippen LogP contribution in [0.15, 0.2) is 36.5 Å². The Hall–Kier alpha value is -4.28. The van der Waals surface area contributed by atoms with E-state index in [1.807, 2.05) is 7.05 Å². The number of hydrogen-bond acceptors (Lipinski definition) is 10. The molecule has 0 atom stereocenters. The number of hydroxylamine groups is 1. The average molecular weight is 593 g/mol. The van der Waals surface area contributed by atoms with E-state index in [0.29, 0.717) is 35.1 Å². The van der Waals surface area contributed by atoms with Gasteiger partial charge in [0, 0.05) is 48.8 Å². The second-order valence-corrected chi connectivity index (χ2v) is 9.50. The van der Waals surface area contributed by atoms with Gasteiger partial charge in [-0.2, -0.15) is 5.10 Å². The first-order valence-electron chi connectivity index (χ1n) is 13.0. The van der Waals surface area contributed by atoms with Crippen molar-refractivity contribution in [3.8, 4) is 5.75 Å². The van der Waals surface area contributed by atoms with Crippen LogP contribution < -0.4 is 20.4 Å². The number of aliphatic hydroxyl groups excluding tert-OH is 1. The van der Waals surface area contributed by atoms with Gasteiger partial charge in [0.05, 0.1) is 31.0 Å². The van der Waals surface area contributed by atoms with Crippen LogP contribution in [0.5, 0.6) is 5.75 Å². The molecule has 1 fully saturated rings. The number of halogens is 4. The van der Waals surface area contributed by atoms with E-state index >= 15 is 0 Å². The van der Waals surface area contributed by atoms with E-state index in [0.717, 1.165) is 13.1 Å². The zero-order valence-corrected chi connectivity index (χ0v) is 22.5. The minimum atomic E-state index is -4.93. The quantitative estimate of drug-likeness (QED) is 0.144. The van der Waals surface area contributed by atoms with Crippen LogP contribution in [0.3, 0.4) is 0 Å². The van der Waals surface area contributed by atoms with Crippen molar-refractivity contribution >= 4 is 45.0 Å². The molecule has 1 amide bonds. The Labute approximate surface area is 236 Å². The fraction of sp³-hybridized carbons (Fsp3) is 0.385. The van der Waals surface area contributed by atoms with Crippen LogP contribution in [-0.2, 0) is 11.4 Å².